The molecule has 0 unspecified atom stereocenters. The van der Waals surface area contributed by atoms with Crippen LogP contribution in [0, 0.1) is 17.4 Å². The van der Waals surface area contributed by atoms with Crippen molar-refractivity contribution in [2.45, 2.75) is 6.92 Å². The minimum atomic E-state index is -0.226. The molecular formula is C11H9FN2S. The van der Waals surface area contributed by atoms with Crippen LogP contribution in [0.3, 0.4) is 0 Å². The van der Waals surface area contributed by atoms with Crippen molar-refractivity contribution in [2.24, 2.45) is 0 Å². The second-order valence-electron chi connectivity index (χ2n) is 3.22. The van der Waals surface area contributed by atoms with Crippen LogP contribution < -0.4 is 0 Å². The zero-order valence-electron chi connectivity index (χ0n) is 8.12. The van der Waals surface area contributed by atoms with Gasteiger partial charge in [-0.3, -0.25) is 4.98 Å². The van der Waals surface area contributed by atoms with Gasteiger partial charge in [-0.2, -0.15) is 0 Å². The minimum Gasteiger partial charge on any atom is -0.344 e. The average molecular weight is 220 g/mol. The molecule has 15 heavy (non-hydrogen) atoms. The summed E-state index contributed by atoms with van der Waals surface area (Å²) in [5.74, 6) is -0.226. The summed E-state index contributed by atoms with van der Waals surface area (Å²) in [4.78, 5) is 6.95. The third-order valence-electron chi connectivity index (χ3n) is 2.21. The summed E-state index contributed by atoms with van der Waals surface area (Å²) >= 11 is 4.96. The highest BCUT2D eigenvalue weighted by Gasteiger charge is 2.05. The molecule has 0 saturated carbocycles. The Labute approximate surface area is 91.8 Å². The summed E-state index contributed by atoms with van der Waals surface area (Å²) in [7, 11) is 0. The van der Waals surface area contributed by atoms with E-state index in [0.717, 1.165) is 11.3 Å². The van der Waals surface area contributed by atoms with Crippen molar-refractivity contribution < 1.29 is 4.39 Å². The fourth-order valence-corrected chi connectivity index (χ4v) is 1.58. The predicted molar refractivity (Wildman–Crippen MR) is 59.6 cm³/mol. The molecule has 0 saturated heterocycles. The molecule has 4 heteroatoms. The van der Waals surface area contributed by atoms with Gasteiger partial charge in [-0.1, -0.05) is 24.4 Å². The summed E-state index contributed by atoms with van der Waals surface area (Å²) < 4.78 is 13.8. The van der Waals surface area contributed by atoms with Gasteiger partial charge >= 0.3 is 0 Å². The molecule has 0 amide bonds. The number of nitrogens with one attached hydrogen (secondary N) is 1. The lowest BCUT2D eigenvalue weighted by atomic mass is 10.1. The van der Waals surface area contributed by atoms with Crippen molar-refractivity contribution in [3.8, 4) is 11.3 Å². The zero-order valence-corrected chi connectivity index (χ0v) is 8.94. The third-order valence-corrected chi connectivity index (χ3v) is 2.42. The number of aromatic nitrogens is 2. The fourth-order valence-electron chi connectivity index (χ4n) is 1.41. The first-order valence-electron chi connectivity index (χ1n) is 4.48. The van der Waals surface area contributed by atoms with Crippen LogP contribution in [-0.4, -0.2) is 9.97 Å². The van der Waals surface area contributed by atoms with E-state index < -0.39 is 0 Å². The molecule has 2 aromatic rings. The molecule has 1 heterocycles. The third kappa shape index (κ3) is 1.94. The van der Waals surface area contributed by atoms with Crippen LogP contribution in [0.15, 0.2) is 30.6 Å². The lowest BCUT2D eigenvalue weighted by Crippen LogP contribution is -1.91. The van der Waals surface area contributed by atoms with Crippen molar-refractivity contribution >= 4 is 12.2 Å². The Bertz CT molecular complexity index is 548. The maximum absolute atomic E-state index is 13.3. The number of rotatable bonds is 1. The summed E-state index contributed by atoms with van der Waals surface area (Å²) in [6.07, 6.45) is 3.19. The topological polar surface area (TPSA) is 28.7 Å². The number of benzene rings is 1. The smallest absolute Gasteiger partial charge is 0.126 e. The van der Waals surface area contributed by atoms with Crippen LogP contribution in [0.25, 0.3) is 11.3 Å². The molecule has 0 aliphatic heterocycles. The Morgan fingerprint density at radius 1 is 1.33 bits per heavy atom. The molecule has 0 aliphatic carbocycles. The number of hydrogen-bond acceptors (Lipinski definition) is 2. The van der Waals surface area contributed by atoms with Crippen LogP contribution in [0.1, 0.15) is 5.56 Å². The van der Waals surface area contributed by atoms with E-state index in [0.29, 0.717) is 10.2 Å². The minimum absolute atomic E-state index is 0.226. The van der Waals surface area contributed by atoms with Crippen LogP contribution in [0.2, 0.25) is 0 Å². The number of H-pyrrole nitrogens is 1. The van der Waals surface area contributed by atoms with Gasteiger partial charge in [-0.15, -0.1) is 0 Å². The van der Waals surface area contributed by atoms with Crippen LogP contribution in [-0.2, 0) is 0 Å². The molecule has 0 aliphatic rings. The van der Waals surface area contributed by atoms with Gasteiger partial charge < -0.3 is 4.98 Å². The highest BCUT2D eigenvalue weighted by Crippen LogP contribution is 2.22. The second-order valence-corrected chi connectivity index (χ2v) is 3.66. The molecule has 0 bridgehead atoms. The van der Waals surface area contributed by atoms with E-state index in [9.17, 15) is 4.39 Å². The highest BCUT2D eigenvalue weighted by atomic mass is 32.1. The van der Waals surface area contributed by atoms with Crippen molar-refractivity contribution in [3.05, 3.63) is 46.6 Å². The van der Waals surface area contributed by atoms with Gasteiger partial charge in [0, 0.05) is 5.56 Å². The van der Waals surface area contributed by atoms with Gasteiger partial charge in [0.25, 0.3) is 0 Å². The lowest BCUT2D eigenvalue weighted by Gasteiger charge is -2.05. The number of hydrogen-bond donors (Lipinski definition) is 1. The van der Waals surface area contributed by atoms with Gasteiger partial charge in [-0.05, 0) is 18.6 Å². The molecule has 76 valence electrons. The van der Waals surface area contributed by atoms with Gasteiger partial charge in [0.2, 0.25) is 0 Å². The largest absolute Gasteiger partial charge is 0.344 e. The van der Waals surface area contributed by atoms with Crippen LogP contribution in [0.5, 0.6) is 0 Å². The fraction of sp³-hybridized carbons (Fsp3) is 0.0909. The monoisotopic (exact) mass is 220 g/mol. The van der Waals surface area contributed by atoms with Gasteiger partial charge in [-0.25, -0.2) is 4.39 Å². The molecule has 1 aromatic carbocycles. The predicted octanol–water partition coefficient (Wildman–Crippen LogP) is 3.25. The van der Waals surface area contributed by atoms with Gasteiger partial charge in [0.05, 0.1) is 18.1 Å². The molecule has 0 atom stereocenters. The van der Waals surface area contributed by atoms with Crippen molar-refractivity contribution in [3.63, 3.8) is 0 Å². The van der Waals surface area contributed by atoms with E-state index in [1.54, 1.807) is 25.4 Å². The first kappa shape index (κ1) is 9.98. The molecule has 0 radical (unpaired) electrons. The zero-order chi connectivity index (χ0) is 10.8. The highest BCUT2D eigenvalue weighted by molar-refractivity contribution is 7.71. The Hall–Kier alpha value is -1.55. The Morgan fingerprint density at radius 2 is 2.13 bits per heavy atom. The summed E-state index contributed by atoms with van der Waals surface area (Å²) in [5.41, 5.74) is 2.12. The maximum Gasteiger partial charge on any atom is 0.126 e. The van der Waals surface area contributed by atoms with Crippen molar-refractivity contribution in [2.75, 3.05) is 0 Å². The molecule has 1 aromatic heterocycles. The van der Waals surface area contributed by atoms with Crippen molar-refractivity contribution in [1.82, 2.24) is 9.97 Å². The molecule has 2 nitrogen and oxygen atoms in total. The molecule has 0 spiro atoms. The molecular weight excluding hydrogens is 211 g/mol. The summed E-state index contributed by atoms with van der Waals surface area (Å²) in [6.45, 7) is 1.73. The SMILES string of the molecule is Cc1c(F)cccc1-c1cncc(=S)[nH]1. The maximum atomic E-state index is 13.3. The van der Waals surface area contributed by atoms with E-state index in [1.807, 2.05) is 6.07 Å². The molecule has 1 N–H and O–H groups in total. The van der Waals surface area contributed by atoms with E-state index >= 15 is 0 Å². The first-order valence-corrected chi connectivity index (χ1v) is 4.89. The van der Waals surface area contributed by atoms with E-state index in [4.69, 9.17) is 12.2 Å². The summed E-state index contributed by atoms with van der Waals surface area (Å²) in [6, 6.07) is 4.94. The second kappa shape index (κ2) is 3.90. The van der Waals surface area contributed by atoms with Crippen LogP contribution >= 0.6 is 12.2 Å². The van der Waals surface area contributed by atoms with E-state index in [-0.39, 0.29) is 5.82 Å². The first-order chi connectivity index (χ1) is 7.18. The van der Waals surface area contributed by atoms with E-state index in [1.165, 1.54) is 6.07 Å². The number of nitrogens with zero attached hydrogens (tertiary/aromatic N) is 1. The van der Waals surface area contributed by atoms with Gasteiger partial charge in [0.1, 0.15) is 10.5 Å². The standard InChI is InChI=1S/C11H9FN2S/c1-7-8(3-2-4-9(7)12)10-5-13-6-11(15)14-10/h2-6H,1H3,(H,14,15). The average Bonchev–Trinajstić information content (AvgIpc) is 2.22. The Morgan fingerprint density at radius 3 is 2.87 bits per heavy atom. The summed E-state index contributed by atoms with van der Waals surface area (Å²) in [5, 5.41) is 0. The Kier molecular flexibility index (Phi) is 2.60. The van der Waals surface area contributed by atoms with Crippen LogP contribution in [0.4, 0.5) is 4.39 Å². The molecule has 2 rings (SSSR count). The normalized spacial score (nSPS) is 10.3. The quantitative estimate of drug-likeness (QED) is 0.747. The lowest BCUT2D eigenvalue weighted by molar-refractivity contribution is 0.619. The van der Waals surface area contributed by atoms with Gasteiger partial charge in [0.15, 0.2) is 0 Å². The van der Waals surface area contributed by atoms with E-state index in [2.05, 4.69) is 9.97 Å². The number of aromatic amines is 1. The number of halogens is 1. The molecule has 0 fully saturated rings. The Balaban J connectivity index is 2.64. The van der Waals surface area contributed by atoms with Crippen molar-refractivity contribution in [1.29, 1.82) is 0 Å².